The number of nitro benzene ring substituents is 1. The summed E-state index contributed by atoms with van der Waals surface area (Å²) < 4.78 is 1.38. The number of hydrazone groups is 1. The average Bonchev–Trinajstić information content (AvgIpc) is 2.93. The summed E-state index contributed by atoms with van der Waals surface area (Å²) in [6.45, 7) is 3.39. The van der Waals surface area contributed by atoms with Crippen molar-refractivity contribution in [3.05, 3.63) is 60.8 Å². The molecule has 0 spiro atoms. The zero-order valence-corrected chi connectivity index (χ0v) is 14.4. The predicted molar refractivity (Wildman–Crippen MR) is 92.3 cm³/mol. The Morgan fingerprint density at radius 3 is 2.54 bits per heavy atom. The molecule has 1 aromatic carbocycles. The van der Waals surface area contributed by atoms with Crippen LogP contribution in [0.15, 0.2) is 29.4 Å². The highest BCUT2D eigenvalue weighted by Gasteiger charge is 2.17. The van der Waals surface area contributed by atoms with Gasteiger partial charge in [-0.1, -0.05) is 11.6 Å². The van der Waals surface area contributed by atoms with Crippen molar-refractivity contribution in [3.8, 4) is 0 Å². The summed E-state index contributed by atoms with van der Waals surface area (Å²) in [5, 5.41) is 29.0. The van der Waals surface area contributed by atoms with Crippen molar-refractivity contribution in [1.29, 1.82) is 0 Å². The lowest BCUT2D eigenvalue weighted by atomic mass is 10.2. The van der Waals surface area contributed by atoms with Gasteiger partial charge in [0, 0.05) is 12.1 Å². The summed E-state index contributed by atoms with van der Waals surface area (Å²) in [6.07, 6.45) is 0. The number of nitrogens with zero attached hydrogens (tertiary/aromatic N) is 5. The molecule has 0 aliphatic carbocycles. The average molecular weight is 381 g/mol. The monoisotopic (exact) mass is 380 g/mol. The van der Waals surface area contributed by atoms with Gasteiger partial charge in [0.05, 0.1) is 38.1 Å². The number of aryl methyl sites for hydroxylation is 1. The maximum atomic E-state index is 12.1. The molecule has 0 saturated heterocycles. The summed E-state index contributed by atoms with van der Waals surface area (Å²) >= 11 is 5.87. The van der Waals surface area contributed by atoms with Crippen molar-refractivity contribution >= 4 is 34.7 Å². The number of non-ortho nitro benzene ring substituents is 1. The number of halogens is 1. The Kier molecular flexibility index (Phi) is 5.62. The fourth-order valence-corrected chi connectivity index (χ4v) is 2.26. The number of hydrogen-bond acceptors (Lipinski definition) is 7. The van der Waals surface area contributed by atoms with Crippen LogP contribution in [0.25, 0.3) is 0 Å². The summed E-state index contributed by atoms with van der Waals surface area (Å²) in [5.41, 5.74) is 3.06. The van der Waals surface area contributed by atoms with Crippen LogP contribution in [-0.2, 0) is 6.54 Å². The molecule has 136 valence electrons. The highest BCUT2D eigenvalue weighted by molar-refractivity contribution is 6.34. The van der Waals surface area contributed by atoms with Crippen molar-refractivity contribution < 1.29 is 14.6 Å². The lowest BCUT2D eigenvalue weighted by Crippen LogP contribution is -2.21. The lowest BCUT2D eigenvalue weighted by Gasteiger charge is -2.04. The SMILES string of the molecule is CC(Cn1nc([N+](=O)[O-])cc1C)=NNC(=O)c1ccc([N+](=O)[O-])cc1Cl. The van der Waals surface area contributed by atoms with E-state index in [-0.39, 0.29) is 28.6 Å². The van der Waals surface area contributed by atoms with Gasteiger partial charge < -0.3 is 10.1 Å². The Morgan fingerprint density at radius 2 is 2.00 bits per heavy atom. The van der Waals surface area contributed by atoms with Crippen LogP contribution in [0.1, 0.15) is 23.0 Å². The van der Waals surface area contributed by atoms with Crippen LogP contribution in [0.2, 0.25) is 5.02 Å². The van der Waals surface area contributed by atoms with Gasteiger partial charge in [-0.25, -0.2) is 5.43 Å². The second-order valence-corrected chi connectivity index (χ2v) is 5.68. The first kappa shape index (κ1) is 19.0. The molecule has 12 heteroatoms. The van der Waals surface area contributed by atoms with Crippen LogP contribution in [-0.4, -0.2) is 31.2 Å². The first-order chi connectivity index (χ1) is 12.2. The fraction of sp³-hybridized carbons (Fsp3) is 0.214. The Labute approximate surface area is 151 Å². The maximum absolute atomic E-state index is 12.1. The Balaban J connectivity index is 2.08. The topological polar surface area (TPSA) is 146 Å². The van der Waals surface area contributed by atoms with E-state index in [0.717, 1.165) is 12.1 Å². The van der Waals surface area contributed by atoms with Gasteiger partial charge in [0.1, 0.15) is 6.54 Å². The summed E-state index contributed by atoms with van der Waals surface area (Å²) in [7, 11) is 0. The van der Waals surface area contributed by atoms with Crippen LogP contribution < -0.4 is 5.43 Å². The first-order valence-corrected chi connectivity index (χ1v) is 7.53. The minimum absolute atomic E-state index is 0.0275. The van der Waals surface area contributed by atoms with E-state index in [1.54, 1.807) is 13.8 Å². The van der Waals surface area contributed by atoms with Crippen molar-refractivity contribution in [2.45, 2.75) is 20.4 Å². The van der Waals surface area contributed by atoms with Crippen molar-refractivity contribution in [1.82, 2.24) is 15.2 Å². The van der Waals surface area contributed by atoms with E-state index in [9.17, 15) is 25.0 Å². The van der Waals surface area contributed by atoms with Gasteiger partial charge in [-0.05, 0) is 24.8 Å². The van der Waals surface area contributed by atoms with E-state index >= 15 is 0 Å². The Morgan fingerprint density at radius 1 is 1.31 bits per heavy atom. The zero-order valence-electron chi connectivity index (χ0n) is 13.7. The molecule has 26 heavy (non-hydrogen) atoms. The van der Waals surface area contributed by atoms with E-state index < -0.39 is 15.8 Å². The smallest absolute Gasteiger partial charge is 0.358 e. The fourth-order valence-electron chi connectivity index (χ4n) is 2.00. The first-order valence-electron chi connectivity index (χ1n) is 7.15. The number of carbonyl (C=O) groups is 1. The maximum Gasteiger partial charge on any atom is 0.390 e. The summed E-state index contributed by atoms with van der Waals surface area (Å²) in [5.74, 6) is -0.926. The summed E-state index contributed by atoms with van der Waals surface area (Å²) in [4.78, 5) is 32.2. The molecule has 2 rings (SSSR count). The van der Waals surface area contributed by atoms with E-state index in [1.807, 2.05) is 0 Å². The van der Waals surface area contributed by atoms with Crippen LogP contribution in [0.4, 0.5) is 11.5 Å². The van der Waals surface area contributed by atoms with Gasteiger partial charge in [0.2, 0.25) is 0 Å². The molecule has 1 N–H and O–H groups in total. The highest BCUT2D eigenvalue weighted by Crippen LogP contribution is 2.22. The molecule has 2 aromatic rings. The number of amides is 1. The van der Waals surface area contributed by atoms with Gasteiger partial charge in [0.15, 0.2) is 0 Å². The minimum Gasteiger partial charge on any atom is -0.358 e. The number of rotatable bonds is 6. The highest BCUT2D eigenvalue weighted by atomic mass is 35.5. The molecule has 0 unspecified atom stereocenters. The lowest BCUT2D eigenvalue weighted by molar-refractivity contribution is -0.389. The third-order valence-electron chi connectivity index (χ3n) is 3.29. The number of benzene rings is 1. The van der Waals surface area contributed by atoms with E-state index in [1.165, 1.54) is 16.8 Å². The van der Waals surface area contributed by atoms with Gasteiger partial charge in [-0.15, -0.1) is 0 Å². The number of nitro groups is 2. The molecular formula is C14H13ClN6O5. The molecule has 1 aromatic heterocycles. The van der Waals surface area contributed by atoms with Crippen LogP contribution in [0, 0.1) is 27.2 Å². The largest absolute Gasteiger partial charge is 0.390 e. The van der Waals surface area contributed by atoms with Crippen LogP contribution in [0.5, 0.6) is 0 Å². The zero-order chi connectivity index (χ0) is 19.4. The quantitative estimate of drug-likeness (QED) is 0.462. The molecule has 0 aliphatic heterocycles. The number of hydrogen-bond donors (Lipinski definition) is 1. The Bertz CT molecular complexity index is 923. The van der Waals surface area contributed by atoms with E-state index in [2.05, 4.69) is 15.6 Å². The molecule has 1 heterocycles. The number of nitrogens with one attached hydrogen (secondary N) is 1. The third kappa shape index (κ3) is 4.39. The predicted octanol–water partition coefficient (Wildman–Crippen LogP) is 2.47. The van der Waals surface area contributed by atoms with Gasteiger partial charge in [-0.2, -0.15) is 9.78 Å². The molecule has 0 radical (unpaired) electrons. The van der Waals surface area contributed by atoms with Crippen molar-refractivity contribution in [3.63, 3.8) is 0 Å². The van der Waals surface area contributed by atoms with Gasteiger partial charge >= 0.3 is 5.82 Å². The molecule has 0 fully saturated rings. The van der Waals surface area contributed by atoms with Crippen molar-refractivity contribution in [2.75, 3.05) is 0 Å². The summed E-state index contributed by atoms with van der Waals surface area (Å²) in [6, 6.07) is 4.77. The molecule has 11 nitrogen and oxygen atoms in total. The normalized spacial score (nSPS) is 11.3. The van der Waals surface area contributed by atoms with Crippen LogP contribution >= 0.6 is 11.6 Å². The molecular weight excluding hydrogens is 368 g/mol. The minimum atomic E-state index is -0.646. The van der Waals surface area contributed by atoms with Gasteiger partial charge in [0.25, 0.3) is 11.6 Å². The van der Waals surface area contributed by atoms with Crippen LogP contribution in [0.3, 0.4) is 0 Å². The van der Waals surface area contributed by atoms with E-state index in [0.29, 0.717) is 11.4 Å². The van der Waals surface area contributed by atoms with Gasteiger partial charge in [-0.3, -0.25) is 14.9 Å². The molecule has 1 amide bonds. The standard InChI is InChI=1S/C14H13ClN6O5/c1-8(7-19-9(2)5-13(18-19)21(25)26)16-17-14(22)11-4-3-10(20(23)24)6-12(11)15/h3-6H,7H2,1-2H3,(H,17,22). The number of carbonyl (C=O) groups excluding carboxylic acids is 1. The Hall–Kier alpha value is -3.34. The van der Waals surface area contributed by atoms with E-state index in [4.69, 9.17) is 11.6 Å². The molecule has 0 bridgehead atoms. The molecule has 0 aliphatic rings. The number of aromatic nitrogens is 2. The molecule has 0 atom stereocenters. The second kappa shape index (κ2) is 7.70. The van der Waals surface area contributed by atoms with Crippen molar-refractivity contribution in [2.24, 2.45) is 5.10 Å². The third-order valence-corrected chi connectivity index (χ3v) is 3.60. The second-order valence-electron chi connectivity index (χ2n) is 5.27. The molecule has 0 saturated carbocycles.